The van der Waals surface area contributed by atoms with Crippen molar-refractivity contribution in [2.45, 2.75) is 38.1 Å². The minimum absolute atomic E-state index is 0.0284. The first-order chi connectivity index (χ1) is 7.65. The van der Waals surface area contributed by atoms with Crippen LogP contribution in [0.1, 0.15) is 40.2 Å². The lowest BCUT2D eigenvalue weighted by Crippen LogP contribution is -2.47. The van der Waals surface area contributed by atoms with Gasteiger partial charge in [-0.15, -0.1) is 22.9 Å². The van der Waals surface area contributed by atoms with Crippen LogP contribution >= 0.6 is 22.9 Å². The Morgan fingerprint density at radius 2 is 2.19 bits per heavy atom. The van der Waals surface area contributed by atoms with Crippen LogP contribution in [0.5, 0.6) is 0 Å². The van der Waals surface area contributed by atoms with Crippen molar-refractivity contribution in [3.63, 3.8) is 0 Å². The molecule has 1 aromatic heterocycles. The number of alkyl halides is 1. The molecule has 2 rings (SSSR count). The zero-order valence-electron chi connectivity index (χ0n) is 9.38. The maximum Gasteiger partial charge on any atom is 0.261 e. The van der Waals surface area contributed by atoms with Crippen LogP contribution in [0.25, 0.3) is 0 Å². The van der Waals surface area contributed by atoms with Gasteiger partial charge in [-0.25, -0.2) is 0 Å². The quantitative estimate of drug-likeness (QED) is 0.827. The molecule has 1 aliphatic carbocycles. The van der Waals surface area contributed by atoms with Gasteiger partial charge in [0, 0.05) is 10.8 Å². The Hall–Kier alpha value is -0.540. The number of aryl methyl sites for hydroxylation is 1. The summed E-state index contributed by atoms with van der Waals surface area (Å²) in [6.07, 6.45) is 4.34. The lowest BCUT2D eigenvalue weighted by atomic mass is 10.0. The Morgan fingerprint density at radius 1 is 1.50 bits per heavy atom. The second-order valence-electron chi connectivity index (χ2n) is 4.49. The van der Waals surface area contributed by atoms with E-state index in [0.29, 0.717) is 5.88 Å². The molecular weight excluding hydrogens is 242 g/mol. The Labute approximate surface area is 105 Å². The van der Waals surface area contributed by atoms with Crippen molar-refractivity contribution in [3.8, 4) is 0 Å². The third-order valence-corrected chi connectivity index (χ3v) is 4.67. The van der Waals surface area contributed by atoms with Crippen molar-refractivity contribution in [1.82, 2.24) is 5.32 Å². The van der Waals surface area contributed by atoms with Gasteiger partial charge < -0.3 is 5.32 Å². The van der Waals surface area contributed by atoms with Gasteiger partial charge in [0.15, 0.2) is 0 Å². The highest BCUT2D eigenvalue weighted by Crippen LogP contribution is 2.31. The molecule has 1 aromatic rings. The topological polar surface area (TPSA) is 29.1 Å². The van der Waals surface area contributed by atoms with Gasteiger partial charge in [-0.3, -0.25) is 4.79 Å². The van der Waals surface area contributed by atoms with Crippen molar-refractivity contribution in [1.29, 1.82) is 0 Å². The normalized spacial score (nSPS) is 18.6. The van der Waals surface area contributed by atoms with Crippen molar-refractivity contribution in [2.24, 2.45) is 0 Å². The smallest absolute Gasteiger partial charge is 0.261 e. The molecular formula is C12H16ClNOS. The fourth-order valence-electron chi connectivity index (χ4n) is 2.20. The summed E-state index contributed by atoms with van der Waals surface area (Å²) in [4.78, 5) is 14.0. The number of carbonyl (C=O) groups excluding carboxylic acids is 1. The molecule has 0 atom stereocenters. The van der Waals surface area contributed by atoms with E-state index in [0.717, 1.165) is 35.4 Å². The molecule has 2 nitrogen and oxygen atoms in total. The molecule has 88 valence electrons. The van der Waals surface area contributed by atoms with E-state index in [-0.39, 0.29) is 11.4 Å². The van der Waals surface area contributed by atoms with Gasteiger partial charge in [0.2, 0.25) is 0 Å². The van der Waals surface area contributed by atoms with Crippen LogP contribution in [0.3, 0.4) is 0 Å². The first-order valence-corrected chi connectivity index (χ1v) is 6.95. The van der Waals surface area contributed by atoms with Gasteiger partial charge in [0.05, 0.1) is 10.4 Å². The van der Waals surface area contributed by atoms with Gasteiger partial charge in [0.25, 0.3) is 5.91 Å². The molecule has 0 unspecified atom stereocenters. The first-order valence-electron chi connectivity index (χ1n) is 5.60. The molecule has 1 saturated carbocycles. The predicted molar refractivity (Wildman–Crippen MR) is 68.4 cm³/mol. The summed E-state index contributed by atoms with van der Waals surface area (Å²) in [7, 11) is 0. The summed E-state index contributed by atoms with van der Waals surface area (Å²) < 4.78 is 0. The summed E-state index contributed by atoms with van der Waals surface area (Å²) in [5, 5.41) is 3.11. The maximum absolute atomic E-state index is 12.0. The molecule has 16 heavy (non-hydrogen) atoms. The Balaban J connectivity index is 2.06. The second kappa shape index (κ2) is 4.76. The maximum atomic E-state index is 12.0. The molecule has 0 bridgehead atoms. The molecule has 1 fully saturated rings. The molecule has 4 heteroatoms. The van der Waals surface area contributed by atoms with Crippen LogP contribution in [0.4, 0.5) is 0 Å². The highest BCUT2D eigenvalue weighted by atomic mass is 35.5. The Morgan fingerprint density at radius 3 is 2.69 bits per heavy atom. The first kappa shape index (κ1) is 11.9. The van der Waals surface area contributed by atoms with Gasteiger partial charge in [-0.2, -0.15) is 0 Å². The molecule has 0 spiro atoms. The van der Waals surface area contributed by atoms with E-state index in [2.05, 4.69) is 5.32 Å². The number of hydrogen-bond donors (Lipinski definition) is 1. The van der Waals surface area contributed by atoms with Crippen LogP contribution in [0, 0.1) is 6.92 Å². The molecule has 0 radical (unpaired) electrons. The summed E-state index contributed by atoms with van der Waals surface area (Å²) in [6.45, 7) is 2.01. The molecule has 0 saturated heterocycles. The van der Waals surface area contributed by atoms with E-state index in [1.807, 2.05) is 19.1 Å². The van der Waals surface area contributed by atoms with Gasteiger partial charge in [-0.05, 0) is 31.9 Å². The molecule has 0 aliphatic heterocycles. The number of carbonyl (C=O) groups is 1. The fraction of sp³-hybridized carbons (Fsp3) is 0.583. The Bertz CT molecular complexity index is 382. The van der Waals surface area contributed by atoms with Crippen LogP contribution in [0.2, 0.25) is 0 Å². The standard InChI is InChI=1S/C12H16ClNOS/c1-9-4-5-10(16-9)11(15)14-12(8-13)6-2-3-7-12/h4-5H,2-3,6-8H2,1H3,(H,14,15). The van der Waals surface area contributed by atoms with Gasteiger partial charge in [0.1, 0.15) is 0 Å². The minimum atomic E-state index is -0.156. The van der Waals surface area contributed by atoms with Crippen molar-refractivity contribution < 1.29 is 4.79 Å². The number of hydrogen-bond acceptors (Lipinski definition) is 2. The zero-order chi connectivity index (χ0) is 11.6. The summed E-state index contributed by atoms with van der Waals surface area (Å²) in [5.41, 5.74) is -0.156. The summed E-state index contributed by atoms with van der Waals surface area (Å²) in [5.74, 6) is 0.545. The Kier molecular flexibility index (Phi) is 3.55. The second-order valence-corrected chi connectivity index (χ2v) is 6.04. The van der Waals surface area contributed by atoms with Crippen LogP contribution in [0.15, 0.2) is 12.1 Å². The highest BCUT2D eigenvalue weighted by Gasteiger charge is 2.34. The number of nitrogens with one attached hydrogen (secondary N) is 1. The SMILES string of the molecule is Cc1ccc(C(=O)NC2(CCl)CCCC2)s1. The van der Waals surface area contributed by atoms with E-state index in [1.54, 1.807) is 0 Å². The number of halogens is 1. The third-order valence-electron chi connectivity index (χ3n) is 3.16. The van der Waals surface area contributed by atoms with Gasteiger partial charge >= 0.3 is 0 Å². The molecule has 0 aromatic carbocycles. The molecule has 1 aliphatic rings. The van der Waals surface area contributed by atoms with Crippen LogP contribution in [-0.2, 0) is 0 Å². The molecule has 1 heterocycles. The van der Waals surface area contributed by atoms with E-state index in [9.17, 15) is 4.79 Å². The fourth-order valence-corrected chi connectivity index (χ4v) is 3.30. The van der Waals surface area contributed by atoms with E-state index < -0.39 is 0 Å². The largest absolute Gasteiger partial charge is 0.345 e. The van der Waals surface area contributed by atoms with E-state index in [4.69, 9.17) is 11.6 Å². The third kappa shape index (κ3) is 2.41. The lowest BCUT2D eigenvalue weighted by Gasteiger charge is -2.27. The number of amides is 1. The number of thiophene rings is 1. The number of rotatable bonds is 3. The molecule has 1 amide bonds. The molecule has 1 N–H and O–H groups in total. The van der Waals surface area contributed by atoms with Crippen molar-refractivity contribution in [3.05, 3.63) is 21.9 Å². The summed E-state index contributed by atoms with van der Waals surface area (Å²) >= 11 is 7.52. The summed E-state index contributed by atoms with van der Waals surface area (Å²) in [6, 6.07) is 3.85. The van der Waals surface area contributed by atoms with Gasteiger partial charge in [-0.1, -0.05) is 12.8 Å². The average Bonchev–Trinajstić information content (AvgIpc) is 2.88. The zero-order valence-corrected chi connectivity index (χ0v) is 11.0. The van der Waals surface area contributed by atoms with Crippen LogP contribution in [-0.4, -0.2) is 17.3 Å². The lowest BCUT2D eigenvalue weighted by molar-refractivity contribution is 0.0913. The van der Waals surface area contributed by atoms with Crippen LogP contribution < -0.4 is 5.32 Å². The monoisotopic (exact) mass is 257 g/mol. The predicted octanol–water partition coefficient (Wildman–Crippen LogP) is 3.34. The highest BCUT2D eigenvalue weighted by molar-refractivity contribution is 7.13. The average molecular weight is 258 g/mol. The van der Waals surface area contributed by atoms with Crippen molar-refractivity contribution in [2.75, 3.05) is 5.88 Å². The minimum Gasteiger partial charge on any atom is -0.345 e. The van der Waals surface area contributed by atoms with E-state index >= 15 is 0 Å². The van der Waals surface area contributed by atoms with E-state index in [1.165, 1.54) is 11.3 Å². The van der Waals surface area contributed by atoms with Crippen molar-refractivity contribution >= 4 is 28.8 Å².